The third kappa shape index (κ3) is 1.76. The van der Waals surface area contributed by atoms with E-state index in [1.165, 1.54) is 7.11 Å². The van der Waals surface area contributed by atoms with Gasteiger partial charge in [0.1, 0.15) is 11.8 Å². The largest absolute Gasteiger partial charge is 0.504 e. The molecule has 80 valence electrons. The second-order valence-electron chi connectivity index (χ2n) is 2.94. The molecule has 5 heteroatoms. The summed E-state index contributed by atoms with van der Waals surface area (Å²) in [5.74, 6) is -1.76. The van der Waals surface area contributed by atoms with Crippen LogP contribution < -0.4 is 4.74 Å². The number of hydrogen-bond donors (Lipinski definition) is 2. The molecule has 0 fully saturated rings. The molecule has 0 aliphatic heterocycles. The predicted octanol–water partition coefficient (Wildman–Crippen LogP) is 1.22. The molecule has 2 N–H and O–H groups in total. The molecule has 0 saturated carbocycles. The lowest BCUT2D eigenvalue weighted by molar-refractivity contribution is 0.0693. The summed E-state index contributed by atoms with van der Waals surface area (Å²) in [5.41, 5.74) is 0.247. The fraction of sp³-hybridized carbons (Fsp3) is 0.200. The maximum absolute atomic E-state index is 10.7. The van der Waals surface area contributed by atoms with Crippen LogP contribution in [-0.2, 0) is 0 Å². The fourth-order valence-corrected chi connectivity index (χ4v) is 1.30. The summed E-state index contributed by atoms with van der Waals surface area (Å²) in [6, 6.07) is 1.11. The summed E-state index contributed by atoms with van der Waals surface area (Å²) >= 11 is 0. The Bertz CT molecular complexity index is 422. The van der Waals surface area contributed by atoms with Crippen LogP contribution in [0.4, 0.5) is 0 Å². The Morgan fingerprint density at radius 2 is 2.13 bits per heavy atom. The lowest BCUT2D eigenvalue weighted by atomic mass is 10.0. The van der Waals surface area contributed by atoms with Crippen molar-refractivity contribution in [3.63, 3.8) is 0 Å². The number of methoxy groups -OCH3 is 1. The van der Waals surface area contributed by atoms with E-state index in [1.807, 2.05) is 0 Å². The molecule has 0 aromatic heterocycles. The van der Waals surface area contributed by atoms with Gasteiger partial charge in [0.2, 0.25) is 0 Å². The van der Waals surface area contributed by atoms with Gasteiger partial charge in [-0.2, -0.15) is 0 Å². The van der Waals surface area contributed by atoms with Gasteiger partial charge in [-0.15, -0.1) is 0 Å². The van der Waals surface area contributed by atoms with Crippen molar-refractivity contribution in [3.05, 3.63) is 22.8 Å². The van der Waals surface area contributed by atoms with Gasteiger partial charge in [0, 0.05) is 11.1 Å². The summed E-state index contributed by atoms with van der Waals surface area (Å²) in [6.07, 6.45) is 0.518. The molecule has 0 aliphatic rings. The van der Waals surface area contributed by atoms with Crippen LogP contribution in [0.1, 0.15) is 26.3 Å². The standard InChI is InChI=1S/C10H10O5/c1-5-6(4-11)3-7(10(13)14)8(12)9(5)15-2/h3-4,12H,1-2H3,(H,13,14). The van der Waals surface area contributed by atoms with Crippen molar-refractivity contribution in [1.29, 1.82) is 0 Å². The second kappa shape index (κ2) is 4.00. The van der Waals surface area contributed by atoms with Gasteiger partial charge in [-0.3, -0.25) is 4.79 Å². The van der Waals surface area contributed by atoms with E-state index in [4.69, 9.17) is 9.84 Å². The summed E-state index contributed by atoms with van der Waals surface area (Å²) in [6.45, 7) is 1.56. The Balaban J connectivity index is 3.58. The maximum Gasteiger partial charge on any atom is 0.339 e. The SMILES string of the molecule is COc1c(C)c(C=O)cc(C(=O)O)c1O. The topological polar surface area (TPSA) is 83.8 Å². The van der Waals surface area contributed by atoms with Crippen LogP contribution in [0.15, 0.2) is 6.07 Å². The van der Waals surface area contributed by atoms with Crippen LogP contribution >= 0.6 is 0 Å². The summed E-state index contributed by atoms with van der Waals surface area (Å²) in [7, 11) is 1.29. The zero-order valence-electron chi connectivity index (χ0n) is 8.27. The predicted molar refractivity (Wildman–Crippen MR) is 51.7 cm³/mol. The van der Waals surface area contributed by atoms with E-state index in [9.17, 15) is 14.7 Å². The Morgan fingerprint density at radius 3 is 2.53 bits per heavy atom. The molecule has 15 heavy (non-hydrogen) atoms. The number of phenols is 1. The average Bonchev–Trinajstić information content (AvgIpc) is 2.18. The van der Waals surface area contributed by atoms with Crippen molar-refractivity contribution in [2.24, 2.45) is 0 Å². The molecule has 0 unspecified atom stereocenters. The van der Waals surface area contributed by atoms with Gasteiger partial charge >= 0.3 is 5.97 Å². The van der Waals surface area contributed by atoms with Gasteiger partial charge in [-0.25, -0.2) is 4.79 Å². The van der Waals surface area contributed by atoms with E-state index in [0.717, 1.165) is 6.07 Å². The Hall–Kier alpha value is -2.04. The van der Waals surface area contributed by atoms with Gasteiger partial charge in [0.15, 0.2) is 11.5 Å². The zero-order valence-corrected chi connectivity index (χ0v) is 8.27. The number of benzene rings is 1. The highest BCUT2D eigenvalue weighted by atomic mass is 16.5. The van der Waals surface area contributed by atoms with E-state index in [-0.39, 0.29) is 16.9 Å². The molecule has 1 rings (SSSR count). The molecular weight excluding hydrogens is 200 g/mol. The minimum atomic E-state index is -1.31. The molecule has 1 aromatic rings. The quantitative estimate of drug-likeness (QED) is 0.733. The van der Waals surface area contributed by atoms with Gasteiger partial charge in [0.25, 0.3) is 0 Å². The zero-order chi connectivity index (χ0) is 11.6. The molecule has 0 saturated heterocycles. The molecule has 0 radical (unpaired) electrons. The Morgan fingerprint density at radius 1 is 1.53 bits per heavy atom. The number of ether oxygens (including phenoxy) is 1. The second-order valence-corrected chi connectivity index (χ2v) is 2.94. The van der Waals surface area contributed by atoms with Crippen molar-refractivity contribution in [3.8, 4) is 11.5 Å². The number of carbonyl (C=O) groups is 2. The van der Waals surface area contributed by atoms with Gasteiger partial charge < -0.3 is 14.9 Å². The average molecular weight is 210 g/mol. The number of aromatic carboxylic acids is 1. The molecule has 0 heterocycles. The fourth-order valence-electron chi connectivity index (χ4n) is 1.30. The van der Waals surface area contributed by atoms with Crippen LogP contribution in [0.25, 0.3) is 0 Å². The summed E-state index contributed by atoms with van der Waals surface area (Å²) in [4.78, 5) is 21.4. The summed E-state index contributed by atoms with van der Waals surface area (Å²) < 4.78 is 4.84. The highest BCUT2D eigenvalue weighted by Crippen LogP contribution is 2.35. The highest BCUT2D eigenvalue weighted by Gasteiger charge is 2.19. The van der Waals surface area contributed by atoms with E-state index in [2.05, 4.69) is 0 Å². The first-order valence-electron chi connectivity index (χ1n) is 4.12. The third-order valence-corrected chi connectivity index (χ3v) is 2.11. The number of hydrogen-bond acceptors (Lipinski definition) is 4. The monoisotopic (exact) mass is 210 g/mol. The van der Waals surface area contributed by atoms with E-state index < -0.39 is 11.7 Å². The van der Waals surface area contributed by atoms with Crippen molar-refractivity contribution in [1.82, 2.24) is 0 Å². The normalized spacial score (nSPS) is 9.73. The van der Waals surface area contributed by atoms with Crippen LogP contribution in [0.3, 0.4) is 0 Å². The Kier molecular flexibility index (Phi) is 2.94. The third-order valence-electron chi connectivity index (χ3n) is 2.11. The van der Waals surface area contributed by atoms with Crippen LogP contribution in [0, 0.1) is 6.92 Å². The molecule has 0 aliphatic carbocycles. The number of aldehydes is 1. The minimum absolute atomic E-state index is 0.0111. The number of carboxylic acid groups (broad SMARTS) is 1. The molecule has 0 amide bonds. The van der Waals surface area contributed by atoms with Gasteiger partial charge in [0.05, 0.1) is 7.11 Å². The van der Waals surface area contributed by atoms with Crippen molar-refractivity contribution >= 4 is 12.3 Å². The molecule has 0 atom stereocenters. The van der Waals surface area contributed by atoms with E-state index in [1.54, 1.807) is 6.92 Å². The summed E-state index contributed by atoms with van der Waals surface area (Å²) in [5, 5.41) is 18.3. The van der Waals surface area contributed by atoms with Crippen molar-refractivity contribution in [2.75, 3.05) is 7.11 Å². The first-order valence-corrected chi connectivity index (χ1v) is 4.12. The van der Waals surface area contributed by atoms with Crippen molar-refractivity contribution < 1.29 is 24.5 Å². The molecular formula is C10H10O5. The molecule has 0 bridgehead atoms. The number of rotatable bonds is 3. The van der Waals surface area contributed by atoms with Crippen LogP contribution in [-0.4, -0.2) is 29.6 Å². The molecule has 1 aromatic carbocycles. The number of carboxylic acids is 1. The van der Waals surface area contributed by atoms with E-state index in [0.29, 0.717) is 11.8 Å². The lowest BCUT2D eigenvalue weighted by Crippen LogP contribution is -2.02. The maximum atomic E-state index is 10.7. The van der Waals surface area contributed by atoms with E-state index >= 15 is 0 Å². The highest BCUT2D eigenvalue weighted by molar-refractivity contribution is 5.95. The smallest absolute Gasteiger partial charge is 0.339 e. The first-order chi connectivity index (χ1) is 7.02. The minimum Gasteiger partial charge on any atom is -0.504 e. The Labute approximate surface area is 85.9 Å². The van der Waals surface area contributed by atoms with Crippen LogP contribution in [0.5, 0.6) is 11.5 Å². The number of carbonyl (C=O) groups excluding carboxylic acids is 1. The van der Waals surface area contributed by atoms with Gasteiger partial charge in [-0.1, -0.05) is 0 Å². The van der Waals surface area contributed by atoms with Gasteiger partial charge in [-0.05, 0) is 13.0 Å². The molecule has 5 nitrogen and oxygen atoms in total. The molecule has 0 spiro atoms. The lowest BCUT2D eigenvalue weighted by Gasteiger charge is -2.11. The van der Waals surface area contributed by atoms with Crippen LogP contribution in [0.2, 0.25) is 0 Å². The first kappa shape index (κ1) is 11.0. The van der Waals surface area contributed by atoms with Crippen molar-refractivity contribution in [2.45, 2.75) is 6.92 Å². The number of aromatic hydroxyl groups is 1.